The van der Waals surface area contributed by atoms with E-state index >= 15 is 0 Å². The summed E-state index contributed by atoms with van der Waals surface area (Å²) in [7, 11) is -3.21. The molecule has 3 rings (SSSR count). The zero-order valence-corrected chi connectivity index (χ0v) is 12.5. The van der Waals surface area contributed by atoms with Gasteiger partial charge >= 0.3 is 0 Å². The Kier molecular flexibility index (Phi) is 3.34. The van der Waals surface area contributed by atoms with Crippen LogP contribution < -0.4 is 0 Å². The van der Waals surface area contributed by atoms with Crippen molar-refractivity contribution >= 4 is 10.0 Å². The molecule has 112 valence electrons. The van der Waals surface area contributed by atoms with Gasteiger partial charge in [0.25, 0.3) is 0 Å². The van der Waals surface area contributed by atoms with Gasteiger partial charge in [-0.25, -0.2) is 12.7 Å². The lowest BCUT2D eigenvalue weighted by Gasteiger charge is -2.40. The van der Waals surface area contributed by atoms with Crippen molar-refractivity contribution in [2.24, 2.45) is 0 Å². The van der Waals surface area contributed by atoms with Gasteiger partial charge in [-0.3, -0.25) is 0 Å². The smallest absolute Gasteiger partial charge is 0.236 e. The average Bonchev–Trinajstić information content (AvgIpc) is 3.04. The van der Waals surface area contributed by atoms with Crippen LogP contribution in [-0.4, -0.2) is 54.4 Å². The Balaban J connectivity index is 1.97. The molecule has 2 saturated heterocycles. The zero-order valence-electron chi connectivity index (χ0n) is 11.7. The van der Waals surface area contributed by atoms with Gasteiger partial charge in [0, 0.05) is 19.7 Å². The van der Waals surface area contributed by atoms with Gasteiger partial charge in [-0.15, -0.1) is 0 Å². The van der Waals surface area contributed by atoms with Crippen LogP contribution in [-0.2, 0) is 20.2 Å². The predicted octanol–water partition coefficient (Wildman–Crippen LogP) is 0.460. The van der Waals surface area contributed by atoms with Crippen molar-refractivity contribution in [2.45, 2.75) is 38.2 Å². The first-order valence-corrected chi connectivity index (χ1v) is 8.49. The van der Waals surface area contributed by atoms with Crippen molar-refractivity contribution in [3.8, 4) is 0 Å². The quantitative estimate of drug-likeness (QED) is 0.806. The summed E-state index contributed by atoms with van der Waals surface area (Å²) in [4.78, 5) is 4.33. The number of rotatable bonds is 3. The van der Waals surface area contributed by atoms with E-state index in [-0.39, 0.29) is 11.9 Å². The fourth-order valence-corrected chi connectivity index (χ4v) is 4.31. The SMILES string of the molecule is CCS(=O)(=O)N1CC[C@H]2OCC[C@@]2(c2nc(C)no2)C1. The maximum absolute atomic E-state index is 12.1. The zero-order chi connectivity index (χ0) is 14.4. The van der Waals surface area contributed by atoms with Crippen LogP contribution in [0.3, 0.4) is 0 Å². The molecule has 1 aromatic heterocycles. The number of fused-ring (bicyclic) bond motifs is 1. The molecule has 2 fully saturated rings. The second kappa shape index (κ2) is 4.78. The summed E-state index contributed by atoms with van der Waals surface area (Å²) in [5.41, 5.74) is -0.484. The molecule has 2 aliphatic heterocycles. The van der Waals surface area contributed by atoms with Crippen molar-refractivity contribution in [1.29, 1.82) is 0 Å². The Morgan fingerprint density at radius 1 is 1.50 bits per heavy atom. The number of ether oxygens (including phenoxy) is 1. The summed E-state index contributed by atoms with van der Waals surface area (Å²) in [5.74, 6) is 1.18. The van der Waals surface area contributed by atoms with Crippen LogP contribution in [0.15, 0.2) is 4.52 Å². The number of sulfonamides is 1. The van der Waals surface area contributed by atoms with Gasteiger partial charge in [0.15, 0.2) is 5.82 Å². The highest BCUT2D eigenvalue weighted by atomic mass is 32.2. The first kappa shape index (κ1) is 14.0. The molecule has 8 heteroatoms. The summed E-state index contributed by atoms with van der Waals surface area (Å²) >= 11 is 0. The molecule has 1 aromatic rings. The van der Waals surface area contributed by atoms with Crippen molar-refractivity contribution in [1.82, 2.24) is 14.4 Å². The van der Waals surface area contributed by atoms with Gasteiger partial charge in [-0.2, -0.15) is 4.98 Å². The third-order valence-corrected chi connectivity index (χ3v) is 6.12. The minimum atomic E-state index is -3.21. The van der Waals surface area contributed by atoms with E-state index in [1.54, 1.807) is 13.8 Å². The first-order valence-electron chi connectivity index (χ1n) is 6.88. The molecule has 3 heterocycles. The van der Waals surface area contributed by atoms with Crippen LogP contribution in [0, 0.1) is 6.92 Å². The molecule has 0 N–H and O–H groups in total. The fourth-order valence-electron chi connectivity index (χ4n) is 3.13. The van der Waals surface area contributed by atoms with Crippen LogP contribution in [0.4, 0.5) is 0 Å². The molecule has 2 aliphatic rings. The van der Waals surface area contributed by atoms with E-state index in [2.05, 4.69) is 10.1 Å². The number of hydrogen-bond acceptors (Lipinski definition) is 6. The Morgan fingerprint density at radius 3 is 2.95 bits per heavy atom. The standard InChI is InChI=1S/C12H19N3O4S/c1-3-20(16,17)15-6-4-10-12(8-15,5-7-18-10)11-13-9(2)14-19-11/h10H,3-8H2,1-2H3/t10-,12-/m1/s1. The monoisotopic (exact) mass is 301 g/mol. The molecule has 0 radical (unpaired) electrons. The molecule has 0 saturated carbocycles. The van der Waals surface area contributed by atoms with E-state index in [0.717, 1.165) is 6.42 Å². The topological polar surface area (TPSA) is 85.5 Å². The van der Waals surface area contributed by atoms with E-state index < -0.39 is 15.4 Å². The number of aryl methyl sites for hydroxylation is 1. The third kappa shape index (κ3) is 2.06. The van der Waals surface area contributed by atoms with Crippen molar-refractivity contribution in [3.05, 3.63) is 11.7 Å². The lowest BCUT2D eigenvalue weighted by Crippen LogP contribution is -2.54. The normalized spacial score (nSPS) is 31.4. The van der Waals surface area contributed by atoms with Gasteiger partial charge in [0.2, 0.25) is 15.9 Å². The molecular weight excluding hydrogens is 282 g/mol. The summed E-state index contributed by atoms with van der Waals surface area (Å²) < 4.78 is 36.9. The summed E-state index contributed by atoms with van der Waals surface area (Å²) in [5, 5.41) is 3.84. The third-order valence-electron chi connectivity index (χ3n) is 4.29. The number of piperidine rings is 1. The average molecular weight is 301 g/mol. The predicted molar refractivity (Wildman–Crippen MR) is 70.7 cm³/mol. The molecule has 7 nitrogen and oxygen atoms in total. The number of nitrogens with zero attached hydrogens (tertiary/aromatic N) is 3. The van der Waals surface area contributed by atoms with Crippen molar-refractivity contribution in [2.75, 3.05) is 25.4 Å². The lowest BCUT2D eigenvalue weighted by atomic mass is 9.77. The summed E-state index contributed by atoms with van der Waals surface area (Å²) in [6.45, 7) is 4.89. The van der Waals surface area contributed by atoms with Gasteiger partial charge in [-0.05, 0) is 26.7 Å². The minimum Gasteiger partial charge on any atom is -0.377 e. The second-order valence-corrected chi connectivity index (χ2v) is 7.69. The molecule has 2 atom stereocenters. The lowest BCUT2D eigenvalue weighted by molar-refractivity contribution is 0.0276. The molecule has 0 amide bonds. The second-order valence-electron chi connectivity index (χ2n) is 5.44. The Hall–Kier alpha value is -0.990. The van der Waals surface area contributed by atoms with Crippen LogP contribution in [0.25, 0.3) is 0 Å². The Bertz CT molecular complexity index is 600. The molecule has 0 aliphatic carbocycles. The van der Waals surface area contributed by atoms with E-state index in [1.165, 1.54) is 4.31 Å². The van der Waals surface area contributed by atoms with Crippen molar-refractivity contribution in [3.63, 3.8) is 0 Å². The molecule has 0 aromatic carbocycles. The minimum absolute atomic E-state index is 0.0364. The van der Waals surface area contributed by atoms with Gasteiger partial charge in [0.1, 0.15) is 0 Å². The van der Waals surface area contributed by atoms with Gasteiger partial charge < -0.3 is 9.26 Å². The van der Waals surface area contributed by atoms with Crippen LogP contribution in [0.2, 0.25) is 0 Å². The van der Waals surface area contributed by atoms with E-state index in [4.69, 9.17) is 9.26 Å². The fraction of sp³-hybridized carbons (Fsp3) is 0.833. The largest absolute Gasteiger partial charge is 0.377 e. The molecule has 0 unspecified atom stereocenters. The maximum atomic E-state index is 12.1. The molecule has 0 spiro atoms. The first-order chi connectivity index (χ1) is 9.48. The highest BCUT2D eigenvalue weighted by Crippen LogP contribution is 2.43. The van der Waals surface area contributed by atoms with Crippen LogP contribution >= 0.6 is 0 Å². The highest BCUT2D eigenvalue weighted by molar-refractivity contribution is 7.89. The number of hydrogen-bond donors (Lipinski definition) is 0. The van der Waals surface area contributed by atoms with Gasteiger partial charge in [-0.1, -0.05) is 5.16 Å². The van der Waals surface area contributed by atoms with Gasteiger partial charge in [0.05, 0.1) is 17.3 Å². The summed E-state index contributed by atoms with van der Waals surface area (Å²) in [6.07, 6.45) is 1.35. The van der Waals surface area contributed by atoms with Crippen LogP contribution in [0.5, 0.6) is 0 Å². The molecule has 20 heavy (non-hydrogen) atoms. The molecular formula is C12H19N3O4S. The highest BCUT2D eigenvalue weighted by Gasteiger charge is 2.54. The van der Waals surface area contributed by atoms with E-state index in [9.17, 15) is 8.42 Å². The van der Waals surface area contributed by atoms with Crippen molar-refractivity contribution < 1.29 is 17.7 Å². The van der Waals surface area contributed by atoms with Crippen LogP contribution in [0.1, 0.15) is 31.5 Å². The Labute approximate surface area is 118 Å². The number of aromatic nitrogens is 2. The van der Waals surface area contributed by atoms with E-state index in [0.29, 0.717) is 37.8 Å². The Morgan fingerprint density at radius 2 is 2.30 bits per heavy atom. The maximum Gasteiger partial charge on any atom is 0.236 e. The molecule has 0 bridgehead atoms. The summed E-state index contributed by atoms with van der Waals surface area (Å²) in [6, 6.07) is 0. The van der Waals surface area contributed by atoms with E-state index in [1.807, 2.05) is 0 Å².